The SMILES string of the molecule is O=C(COc1ccc(/C=N/NC(=O)c2ccco2)cc1)Nc1ccccc1Cl. The van der Waals surface area contributed by atoms with Crippen LogP contribution in [-0.4, -0.2) is 24.6 Å². The van der Waals surface area contributed by atoms with Crippen LogP contribution in [0.5, 0.6) is 5.75 Å². The number of hydrazone groups is 1. The molecule has 2 aromatic carbocycles. The molecule has 0 spiro atoms. The van der Waals surface area contributed by atoms with Crippen molar-refractivity contribution < 1.29 is 18.7 Å². The van der Waals surface area contributed by atoms with Crippen LogP contribution in [0.25, 0.3) is 0 Å². The van der Waals surface area contributed by atoms with Crippen LogP contribution in [0.15, 0.2) is 76.4 Å². The van der Waals surface area contributed by atoms with Crippen LogP contribution in [0.3, 0.4) is 0 Å². The fourth-order valence-electron chi connectivity index (χ4n) is 2.18. The molecule has 0 radical (unpaired) electrons. The van der Waals surface area contributed by atoms with Crippen molar-refractivity contribution >= 4 is 35.3 Å². The zero-order chi connectivity index (χ0) is 19.8. The first kappa shape index (κ1) is 19.2. The molecule has 2 amide bonds. The lowest BCUT2D eigenvalue weighted by Crippen LogP contribution is -2.20. The monoisotopic (exact) mass is 397 g/mol. The van der Waals surface area contributed by atoms with Crippen molar-refractivity contribution in [1.82, 2.24) is 5.43 Å². The van der Waals surface area contributed by atoms with Gasteiger partial charge in [-0.05, 0) is 54.1 Å². The number of hydrogen-bond donors (Lipinski definition) is 2. The van der Waals surface area contributed by atoms with E-state index in [1.165, 1.54) is 12.5 Å². The molecule has 1 heterocycles. The van der Waals surface area contributed by atoms with Crippen LogP contribution in [0.2, 0.25) is 5.02 Å². The van der Waals surface area contributed by atoms with Gasteiger partial charge in [0, 0.05) is 0 Å². The molecule has 0 atom stereocenters. The summed E-state index contributed by atoms with van der Waals surface area (Å²) >= 11 is 5.99. The van der Waals surface area contributed by atoms with Crippen LogP contribution >= 0.6 is 11.6 Å². The topological polar surface area (TPSA) is 92.9 Å². The molecule has 0 aliphatic heterocycles. The Morgan fingerprint density at radius 3 is 2.57 bits per heavy atom. The maximum Gasteiger partial charge on any atom is 0.307 e. The van der Waals surface area contributed by atoms with Crippen molar-refractivity contribution in [2.75, 3.05) is 11.9 Å². The maximum absolute atomic E-state index is 11.9. The highest BCUT2D eigenvalue weighted by atomic mass is 35.5. The summed E-state index contributed by atoms with van der Waals surface area (Å²) in [5.41, 5.74) is 3.63. The van der Waals surface area contributed by atoms with Crippen molar-refractivity contribution in [3.05, 3.63) is 83.3 Å². The van der Waals surface area contributed by atoms with Crippen LogP contribution in [-0.2, 0) is 4.79 Å². The minimum Gasteiger partial charge on any atom is -0.484 e. The number of ether oxygens (including phenoxy) is 1. The molecule has 7 nitrogen and oxygen atoms in total. The Morgan fingerprint density at radius 2 is 1.86 bits per heavy atom. The molecule has 3 aromatic rings. The van der Waals surface area contributed by atoms with Gasteiger partial charge in [0.1, 0.15) is 5.75 Å². The van der Waals surface area contributed by atoms with Crippen LogP contribution in [0, 0.1) is 0 Å². The van der Waals surface area contributed by atoms with E-state index in [2.05, 4.69) is 15.8 Å². The standard InChI is InChI=1S/C20H16ClN3O4/c21-16-4-1-2-5-17(16)23-19(25)13-28-15-9-7-14(8-10-15)12-22-24-20(26)18-6-3-11-27-18/h1-12H,13H2,(H,23,25)(H,24,26)/b22-12+. The Morgan fingerprint density at radius 1 is 1.07 bits per heavy atom. The van der Waals surface area contributed by atoms with E-state index in [0.29, 0.717) is 16.5 Å². The Kier molecular flexibility index (Phi) is 6.43. The van der Waals surface area contributed by atoms with Crippen LogP contribution in [0.1, 0.15) is 16.1 Å². The minimum atomic E-state index is -0.439. The van der Waals surface area contributed by atoms with Gasteiger partial charge in [0.15, 0.2) is 12.4 Å². The van der Waals surface area contributed by atoms with Crippen molar-refractivity contribution in [3.8, 4) is 5.75 Å². The van der Waals surface area contributed by atoms with Gasteiger partial charge in [0.2, 0.25) is 0 Å². The molecule has 0 bridgehead atoms. The summed E-state index contributed by atoms with van der Waals surface area (Å²) in [4.78, 5) is 23.6. The summed E-state index contributed by atoms with van der Waals surface area (Å²) < 4.78 is 10.4. The molecule has 0 aliphatic rings. The van der Waals surface area contributed by atoms with Crippen molar-refractivity contribution in [1.29, 1.82) is 0 Å². The number of halogens is 1. The number of carbonyl (C=O) groups excluding carboxylic acids is 2. The van der Waals surface area contributed by atoms with Crippen molar-refractivity contribution in [2.45, 2.75) is 0 Å². The summed E-state index contributed by atoms with van der Waals surface area (Å²) in [6.45, 7) is -0.155. The molecule has 8 heteroatoms. The van der Waals surface area contributed by atoms with Crippen LogP contribution in [0.4, 0.5) is 5.69 Å². The highest BCUT2D eigenvalue weighted by Crippen LogP contribution is 2.20. The first-order chi connectivity index (χ1) is 13.6. The molecule has 3 rings (SSSR count). The molecule has 142 valence electrons. The van der Waals surface area contributed by atoms with Gasteiger partial charge >= 0.3 is 5.91 Å². The third-order valence-corrected chi connectivity index (χ3v) is 3.85. The Balaban J connectivity index is 1.46. The molecule has 0 aliphatic carbocycles. The lowest BCUT2D eigenvalue weighted by molar-refractivity contribution is -0.118. The Hall–Kier alpha value is -3.58. The number of carbonyl (C=O) groups is 2. The number of rotatable bonds is 7. The van der Waals surface area contributed by atoms with E-state index in [4.69, 9.17) is 20.8 Å². The van der Waals surface area contributed by atoms with E-state index >= 15 is 0 Å². The predicted octanol–water partition coefficient (Wildman–Crippen LogP) is 3.71. The zero-order valence-electron chi connectivity index (χ0n) is 14.6. The summed E-state index contributed by atoms with van der Waals surface area (Å²) in [6, 6.07) is 17.0. The summed E-state index contributed by atoms with van der Waals surface area (Å²) in [7, 11) is 0. The van der Waals surface area contributed by atoms with E-state index in [1.54, 1.807) is 60.7 Å². The number of nitrogens with one attached hydrogen (secondary N) is 2. The summed E-state index contributed by atoms with van der Waals surface area (Å²) in [5, 5.41) is 6.99. The molecular weight excluding hydrogens is 382 g/mol. The van der Waals surface area contributed by atoms with Crippen molar-refractivity contribution in [2.24, 2.45) is 5.10 Å². The first-order valence-electron chi connectivity index (χ1n) is 8.26. The van der Waals surface area contributed by atoms with Gasteiger partial charge < -0.3 is 14.5 Å². The van der Waals surface area contributed by atoms with Gasteiger partial charge in [-0.15, -0.1) is 0 Å². The largest absolute Gasteiger partial charge is 0.484 e. The minimum absolute atomic E-state index is 0.155. The van der Waals surface area contributed by atoms with Crippen LogP contribution < -0.4 is 15.5 Å². The highest BCUT2D eigenvalue weighted by molar-refractivity contribution is 6.33. The molecule has 28 heavy (non-hydrogen) atoms. The van der Waals surface area contributed by atoms with Gasteiger partial charge in [-0.25, -0.2) is 5.43 Å². The molecule has 0 unspecified atom stereocenters. The maximum atomic E-state index is 11.9. The van der Waals surface area contributed by atoms with Gasteiger partial charge in [0.05, 0.1) is 23.2 Å². The fourth-order valence-corrected chi connectivity index (χ4v) is 2.36. The first-order valence-corrected chi connectivity index (χ1v) is 8.64. The number of amides is 2. The van der Waals surface area contributed by atoms with Gasteiger partial charge in [0.25, 0.3) is 5.91 Å². The molecule has 0 saturated heterocycles. The summed E-state index contributed by atoms with van der Waals surface area (Å²) in [5.74, 6) is -0.0628. The third kappa shape index (κ3) is 5.46. The number of para-hydroxylation sites is 1. The number of benzene rings is 2. The van der Waals surface area contributed by atoms with E-state index in [-0.39, 0.29) is 18.3 Å². The second-order valence-electron chi connectivity index (χ2n) is 5.56. The number of hydrogen-bond acceptors (Lipinski definition) is 5. The predicted molar refractivity (Wildman–Crippen MR) is 106 cm³/mol. The average Bonchev–Trinajstić information content (AvgIpc) is 3.24. The van der Waals surface area contributed by atoms with E-state index in [1.807, 2.05) is 0 Å². The molecule has 0 saturated carbocycles. The lowest BCUT2D eigenvalue weighted by Gasteiger charge is -2.08. The highest BCUT2D eigenvalue weighted by Gasteiger charge is 2.07. The molecule has 0 fully saturated rings. The quantitative estimate of drug-likeness (QED) is 0.469. The van der Waals surface area contributed by atoms with Gasteiger partial charge in [-0.1, -0.05) is 23.7 Å². The third-order valence-electron chi connectivity index (χ3n) is 3.52. The Labute approximate surface area is 166 Å². The Bertz CT molecular complexity index is 969. The average molecular weight is 398 g/mol. The fraction of sp³-hybridized carbons (Fsp3) is 0.0500. The second-order valence-corrected chi connectivity index (χ2v) is 5.97. The number of nitrogens with zero attached hydrogens (tertiary/aromatic N) is 1. The van der Waals surface area contributed by atoms with E-state index in [9.17, 15) is 9.59 Å². The molecule has 1 aromatic heterocycles. The second kappa shape index (κ2) is 9.38. The van der Waals surface area contributed by atoms with E-state index < -0.39 is 5.91 Å². The lowest BCUT2D eigenvalue weighted by atomic mass is 10.2. The van der Waals surface area contributed by atoms with E-state index in [0.717, 1.165) is 5.56 Å². The number of furan rings is 1. The van der Waals surface area contributed by atoms with Gasteiger partial charge in [-0.2, -0.15) is 5.10 Å². The molecular formula is C20H16ClN3O4. The van der Waals surface area contributed by atoms with Crippen molar-refractivity contribution in [3.63, 3.8) is 0 Å². The molecule has 2 N–H and O–H groups in total. The smallest absolute Gasteiger partial charge is 0.307 e. The zero-order valence-corrected chi connectivity index (χ0v) is 15.3. The summed E-state index contributed by atoms with van der Waals surface area (Å²) in [6.07, 6.45) is 2.89. The normalized spacial score (nSPS) is 10.6. The number of anilines is 1. The van der Waals surface area contributed by atoms with Gasteiger partial charge in [-0.3, -0.25) is 9.59 Å².